The lowest BCUT2D eigenvalue weighted by atomic mass is 10.1. The maximum atomic E-state index is 10.7. The quantitative estimate of drug-likeness (QED) is 0.540. The summed E-state index contributed by atoms with van der Waals surface area (Å²) >= 11 is 0. The predicted molar refractivity (Wildman–Crippen MR) is 81.6 cm³/mol. The second-order valence-electron chi connectivity index (χ2n) is 4.46. The van der Waals surface area contributed by atoms with Gasteiger partial charge in [-0.25, -0.2) is 4.98 Å². The lowest BCUT2D eigenvalue weighted by Gasteiger charge is -1.99. The number of fused-ring (bicyclic) bond motifs is 1. The molecule has 0 atom stereocenters. The molecule has 1 aromatic carbocycles. The minimum absolute atomic E-state index is 0.0704. The van der Waals surface area contributed by atoms with Gasteiger partial charge < -0.3 is 0 Å². The Morgan fingerprint density at radius 2 is 1.86 bits per heavy atom. The zero-order valence-electron chi connectivity index (χ0n) is 11.0. The van der Waals surface area contributed by atoms with Crippen molar-refractivity contribution in [3.63, 3.8) is 0 Å². The molecule has 21 heavy (non-hydrogen) atoms. The number of benzene rings is 1. The maximum absolute atomic E-state index is 10.7. The number of hydrogen-bond donors (Lipinski definition) is 0. The van der Waals surface area contributed by atoms with Gasteiger partial charge in [0, 0.05) is 23.7 Å². The summed E-state index contributed by atoms with van der Waals surface area (Å²) < 4.78 is 0. The molecule has 102 valence electrons. The van der Waals surface area contributed by atoms with Gasteiger partial charge >= 0.3 is 0 Å². The van der Waals surface area contributed by atoms with E-state index in [0.29, 0.717) is 0 Å². The Bertz CT molecular complexity index is 829. The van der Waals surface area contributed by atoms with Crippen molar-refractivity contribution in [3.05, 3.63) is 76.2 Å². The first kappa shape index (κ1) is 12.9. The Morgan fingerprint density at radius 1 is 1.00 bits per heavy atom. The Hall–Kier alpha value is -3.08. The van der Waals surface area contributed by atoms with E-state index in [-0.39, 0.29) is 5.69 Å². The number of hydrogen-bond acceptors (Lipinski definition) is 4. The van der Waals surface area contributed by atoms with Crippen molar-refractivity contribution in [2.24, 2.45) is 0 Å². The molecule has 5 nitrogen and oxygen atoms in total. The third-order valence-electron chi connectivity index (χ3n) is 3.02. The van der Waals surface area contributed by atoms with Gasteiger partial charge in [-0.15, -0.1) is 0 Å². The molecule has 0 unspecified atom stereocenters. The molecule has 0 saturated heterocycles. The molecule has 0 saturated carbocycles. The van der Waals surface area contributed by atoms with Gasteiger partial charge in [-0.2, -0.15) is 0 Å². The molecule has 0 N–H and O–H groups in total. The average Bonchev–Trinajstić information content (AvgIpc) is 2.53. The maximum Gasteiger partial charge on any atom is 0.270 e. The Kier molecular flexibility index (Phi) is 3.39. The van der Waals surface area contributed by atoms with Crippen molar-refractivity contribution in [2.75, 3.05) is 0 Å². The molecular weight excluding hydrogens is 266 g/mol. The zero-order chi connectivity index (χ0) is 14.7. The highest BCUT2D eigenvalue weighted by molar-refractivity contribution is 5.82. The van der Waals surface area contributed by atoms with Gasteiger partial charge in [0.1, 0.15) is 0 Å². The molecular formula is C16H11N3O2. The summed E-state index contributed by atoms with van der Waals surface area (Å²) in [7, 11) is 0. The van der Waals surface area contributed by atoms with Crippen molar-refractivity contribution >= 4 is 28.7 Å². The van der Waals surface area contributed by atoms with E-state index in [9.17, 15) is 10.1 Å². The van der Waals surface area contributed by atoms with E-state index in [1.54, 1.807) is 12.3 Å². The standard InChI is InChI=1S/C16H11N3O2/c20-19(21)15-8-9-16-12(11-15)4-5-14(18-16)7-6-13-3-1-2-10-17-13/h1-11H/b7-6+. The monoisotopic (exact) mass is 277 g/mol. The lowest BCUT2D eigenvalue weighted by molar-refractivity contribution is -0.384. The highest BCUT2D eigenvalue weighted by atomic mass is 16.6. The van der Waals surface area contributed by atoms with Gasteiger partial charge in [0.15, 0.2) is 0 Å². The molecule has 0 fully saturated rings. The van der Waals surface area contributed by atoms with Crippen LogP contribution in [0.2, 0.25) is 0 Å². The van der Waals surface area contributed by atoms with Gasteiger partial charge in [-0.3, -0.25) is 15.1 Å². The van der Waals surface area contributed by atoms with Crippen molar-refractivity contribution in [1.29, 1.82) is 0 Å². The van der Waals surface area contributed by atoms with Crippen LogP contribution >= 0.6 is 0 Å². The number of pyridine rings is 2. The van der Waals surface area contributed by atoms with Gasteiger partial charge in [-0.05, 0) is 36.4 Å². The summed E-state index contributed by atoms with van der Waals surface area (Å²) in [6.07, 6.45) is 5.47. The van der Waals surface area contributed by atoms with Gasteiger partial charge in [0.2, 0.25) is 0 Å². The molecule has 0 aliphatic rings. The summed E-state index contributed by atoms with van der Waals surface area (Å²) in [6.45, 7) is 0. The molecule has 2 heterocycles. The van der Waals surface area contributed by atoms with Crippen LogP contribution in [0.1, 0.15) is 11.4 Å². The predicted octanol–water partition coefficient (Wildman–Crippen LogP) is 3.71. The largest absolute Gasteiger partial charge is 0.270 e. The zero-order valence-corrected chi connectivity index (χ0v) is 11.0. The first-order chi connectivity index (χ1) is 10.2. The molecule has 5 heteroatoms. The van der Waals surface area contributed by atoms with Crippen LogP contribution in [0.15, 0.2) is 54.7 Å². The topological polar surface area (TPSA) is 68.9 Å². The first-order valence-corrected chi connectivity index (χ1v) is 6.37. The van der Waals surface area contributed by atoms with E-state index in [2.05, 4.69) is 9.97 Å². The van der Waals surface area contributed by atoms with Gasteiger partial charge in [0.25, 0.3) is 5.69 Å². The van der Waals surface area contributed by atoms with E-state index in [0.717, 1.165) is 22.3 Å². The summed E-state index contributed by atoms with van der Waals surface area (Å²) in [5.41, 5.74) is 2.43. The second-order valence-corrected chi connectivity index (χ2v) is 4.46. The molecule has 3 rings (SSSR count). The molecule has 0 aliphatic heterocycles. The highest BCUT2D eigenvalue weighted by Gasteiger charge is 2.06. The van der Waals surface area contributed by atoms with E-state index >= 15 is 0 Å². The van der Waals surface area contributed by atoms with Crippen LogP contribution in [0.3, 0.4) is 0 Å². The third kappa shape index (κ3) is 2.92. The molecule has 0 spiro atoms. The lowest BCUT2D eigenvalue weighted by Crippen LogP contribution is -1.89. The molecule has 3 aromatic rings. The van der Waals surface area contributed by atoms with E-state index < -0.39 is 4.92 Å². The summed E-state index contributed by atoms with van der Waals surface area (Å²) in [4.78, 5) is 19.0. The molecule has 0 aliphatic carbocycles. The van der Waals surface area contributed by atoms with Gasteiger partial charge in [0.05, 0.1) is 21.8 Å². The van der Waals surface area contributed by atoms with E-state index in [1.807, 2.05) is 42.5 Å². The number of nitro benzene ring substituents is 1. The smallest absolute Gasteiger partial charge is 0.258 e. The van der Waals surface area contributed by atoms with Crippen LogP contribution in [0, 0.1) is 10.1 Å². The second kappa shape index (κ2) is 5.50. The van der Waals surface area contributed by atoms with Crippen LogP contribution in [0.25, 0.3) is 23.1 Å². The Balaban J connectivity index is 1.93. The fraction of sp³-hybridized carbons (Fsp3) is 0. The summed E-state index contributed by atoms with van der Waals surface area (Å²) in [5, 5.41) is 11.5. The molecule has 0 amide bonds. The summed E-state index contributed by atoms with van der Waals surface area (Å²) in [5.74, 6) is 0. The van der Waals surface area contributed by atoms with Crippen LogP contribution in [0.4, 0.5) is 5.69 Å². The van der Waals surface area contributed by atoms with E-state index in [4.69, 9.17) is 0 Å². The van der Waals surface area contributed by atoms with Crippen molar-refractivity contribution in [3.8, 4) is 0 Å². The minimum atomic E-state index is -0.408. The molecule has 0 bridgehead atoms. The van der Waals surface area contributed by atoms with Crippen LogP contribution in [-0.4, -0.2) is 14.9 Å². The SMILES string of the molecule is O=[N+]([O-])c1ccc2nc(/C=C/c3ccccn3)ccc2c1. The molecule has 0 radical (unpaired) electrons. The van der Waals surface area contributed by atoms with E-state index in [1.165, 1.54) is 12.1 Å². The van der Waals surface area contributed by atoms with Crippen molar-refractivity contribution in [2.45, 2.75) is 0 Å². The summed E-state index contributed by atoms with van der Waals surface area (Å²) in [6, 6.07) is 14.0. The number of nitrogens with zero attached hydrogens (tertiary/aromatic N) is 3. The third-order valence-corrected chi connectivity index (χ3v) is 3.02. The fourth-order valence-corrected chi connectivity index (χ4v) is 1.98. The molecule has 2 aromatic heterocycles. The van der Waals surface area contributed by atoms with Crippen LogP contribution < -0.4 is 0 Å². The first-order valence-electron chi connectivity index (χ1n) is 6.37. The van der Waals surface area contributed by atoms with Gasteiger partial charge in [-0.1, -0.05) is 12.1 Å². The average molecular weight is 277 g/mol. The minimum Gasteiger partial charge on any atom is -0.258 e. The van der Waals surface area contributed by atoms with Crippen molar-refractivity contribution < 1.29 is 4.92 Å². The Labute approximate surface area is 120 Å². The van der Waals surface area contributed by atoms with Crippen LogP contribution in [-0.2, 0) is 0 Å². The number of aromatic nitrogens is 2. The number of nitro groups is 1. The van der Waals surface area contributed by atoms with Crippen LogP contribution in [0.5, 0.6) is 0 Å². The normalized spacial score (nSPS) is 11.0. The number of rotatable bonds is 3. The fourth-order valence-electron chi connectivity index (χ4n) is 1.98. The number of non-ortho nitro benzene ring substituents is 1. The Morgan fingerprint density at radius 3 is 2.62 bits per heavy atom. The van der Waals surface area contributed by atoms with Crippen molar-refractivity contribution in [1.82, 2.24) is 9.97 Å². The highest BCUT2D eigenvalue weighted by Crippen LogP contribution is 2.20.